The minimum Gasteiger partial charge on any atom is -0.481 e. The third kappa shape index (κ3) is 2.79. The molecule has 0 atom stereocenters. The lowest BCUT2D eigenvalue weighted by molar-refractivity contribution is -0.136. The molecule has 2 N–H and O–H groups in total. The smallest absolute Gasteiger partial charge is 0.303 e. The fourth-order valence-corrected chi connectivity index (χ4v) is 2.27. The molecule has 5 heteroatoms. The van der Waals surface area contributed by atoms with Crippen molar-refractivity contribution in [3.8, 4) is 11.3 Å². The Morgan fingerprint density at radius 1 is 1.44 bits per heavy atom. The van der Waals surface area contributed by atoms with Gasteiger partial charge in [-0.15, -0.1) is 0 Å². The van der Waals surface area contributed by atoms with Crippen LogP contribution in [0.5, 0.6) is 0 Å². The maximum Gasteiger partial charge on any atom is 0.303 e. The van der Waals surface area contributed by atoms with E-state index >= 15 is 0 Å². The Balaban J connectivity index is 2.38. The van der Waals surface area contributed by atoms with Crippen molar-refractivity contribution in [1.82, 2.24) is 9.97 Å². The average Bonchev–Trinajstić information content (AvgIpc) is 2.68. The van der Waals surface area contributed by atoms with E-state index in [1.54, 1.807) is 0 Å². The van der Waals surface area contributed by atoms with Gasteiger partial charge in [-0.3, -0.25) is 4.79 Å². The maximum absolute atomic E-state index is 10.6. The molecule has 0 aliphatic carbocycles. The highest BCUT2D eigenvalue weighted by atomic mass is 79.9. The van der Waals surface area contributed by atoms with Crippen LogP contribution in [-0.2, 0) is 11.2 Å². The van der Waals surface area contributed by atoms with Gasteiger partial charge in [-0.1, -0.05) is 24.3 Å². The summed E-state index contributed by atoms with van der Waals surface area (Å²) in [6.45, 7) is 2.01. The lowest BCUT2D eigenvalue weighted by Gasteiger charge is -2.04. The second kappa shape index (κ2) is 5.35. The number of hydrogen-bond donors (Lipinski definition) is 2. The number of aliphatic carboxylic acids is 1. The Morgan fingerprint density at radius 2 is 2.17 bits per heavy atom. The maximum atomic E-state index is 10.6. The molecule has 1 aromatic carbocycles. The van der Waals surface area contributed by atoms with Crippen LogP contribution < -0.4 is 0 Å². The summed E-state index contributed by atoms with van der Waals surface area (Å²) in [5.41, 5.74) is 3.81. The summed E-state index contributed by atoms with van der Waals surface area (Å²) in [6.07, 6.45) is 0.533. The SMILES string of the molecule is Cc1ccccc1-c1nc(Br)[nH]c1CCC(=O)O. The van der Waals surface area contributed by atoms with E-state index in [2.05, 4.69) is 25.9 Å². The van der Waals surface area contributed by atoms with Gasteiger partial charge in [0.1, 0.15) is 0 Å². The minimum absolute atomic E-state index is 0.0908. The summed E-state index contributed by atoms with van der Waals surface area (Å²) in [5.74, 6) is -0.809. The standard InChI is InChI=1S/C13H13BrN2O2/c1-8-4-2-3-5-9(8)12-10(6-7-11(17)18)15-13(14)16-12/h2-5H,6-7H2,1H3,(H,15,16)(H,17,18). The summed E-state index contributed by atoms with van der Waals surface area (Å²) in [7, 11) is 0. The largest absolute Gasteiger partial charge is 0.481 e. The molecular weight excluding hydrogens is 296 g/mol. The van der Waals surface area contributed by atoms with Gasteiger partial charge in [0.25, 0.3) is 0 Å². The first kappa shape index (κ1) is 12.8. The number of benzene rings is 1. The number of aromatic amines is 1. The molecule has 1 aromatic heterocycles. The summed E-state index contributed by atoms with van der Waals surface area (Å²) < 4.78 is 0.626. The van der Waals surface area contributed by atoms with Crippen molar-refractivity contribution in [2.75, 3.05) is 0 Å². The molecule has 0 saturated carbocycles. The zero-order valence-corrected chi connectivity index (χ0v) is 11.5. The highest BCUT2D eigenvalue weighted by Crippen LogP contribution is 2.27. The Bertz CT molecular complexity index is 578. The second-order valence-electron chi connectivity index (χ2n) is 4.06. The fraction of sp³-hybridized carbons (Fsp3) is 0.231. The van der Waals surface area contributed by atoms with Crippen LogP contribution in [0.2, 0.25) is 0 Å². The van der Waals surface area contributed by atoms with Gasteiger partial charge in [-0.25, -0.2) is 4.98 Å². The molecule has 0 aliphatic rings. The van der Waals surface area contributed by atoms with Crippen LogP contribution in [0, 0.1) is 6.92 Å². The predicted octanol–water partition coefficient (Wildman–Crippen LogP) is 3.16. The van der Waals surface area contributed by atoms with Crippen molar-refractivity contribution in [2.45, 2.75) is 19.8 Å². The van der Waals surface area contributed by atoms with Crippen molar-refractivity contribution in [3.63, 3.8) is 0 Å². The average molecular weight is 309 g/mol. The van der Waals surface area contributed by atoms with E-state index < -0.39 is 5.97 Å². The molecular formula is C13H13BrN2O2. The van der Waals surface area contributed by atoms with E-state index in [1.165, 1.54) is 0 Å². The number of aromatic nitrogens is 2. The van der Waals surface area contributed by atoms with Crippen LogP contribution in [0.25, 0.3) is 11.3 Å². The van der Waals surface area contributed by atoms with Crippen LogP contribution in [-0.4, -0.2) is 21.0 Å². The van der Waals surface area contributed by atoms with Gasteiger partial charge < -0.3 is 10.1 Å². The van der Waals surface area contributed by atoms with Crippen molar-refractivity contribution in [1.29, 1.82) is 0 Å². The summed E-state index contributed by atoms with van der Waals surface area (Å²) in [5, 5.41) is 8.75. The molecule has 2 rings (SSSR count). The lowest BCUT2D eigenvalue weighted by atomic mass is 10.0. The van der Waals surface area contributed by atoms with Crippen LogP contribution in [0.1, 0.15) is 17.7 Å². The third-order valence-electron chi connectivity index (χ3n) is 2.74. The number of nitrogens with one attached hydrogen (secondary N) is 1. The molecule has 4 nitrogen and oxygen atoms in total. The van der Waals surface area contributed by atoms with E-state index in [0.29, 0.717) is 11.2 Å². The molecule has 0 saturated heterocycles. The Morgan fingerprint density at radius 3 is 2.83 bits per heavy atom. The minimum atomic E-state index is -0.809. The summed E-state index contributed by atoms with van der Waals surface area (Å²) in [4.78, 5) is 18.1. The van der Waals surface area contributed by atoms with Crippen LogP contribution >= 0.6 is 15.9 Å². The molecule has 1 heterocycles. The van der Waals surface area contributed by atoms with Crippen molar-refractivity contribution in [2.24, 2.45) is 0 Å². The van der Waals surface area contributed by atoms with Gasteiger partial charge >= 0.3 is 5.97 Å². The molecule has 94 valence electrons. The number of hydrogen-bond acceptors (Lipinski definition) is 2. The highest BCUT2D eigenvalue weighted by molar-refractivity contribution is 9.10. The van der Waals surface area contributed by atoms with Crippen molar-refractivity contribution >= 4 is 21.9 Å². The van der Waals surface area contributed by atoms with Crippen LogP contribution in [0.4, 0.5) is 0 Å². The van der Waals surface area contributed by atoms with E-state index in [-0.39, 0.29) is 6.42 Å². The van der Waals surface area contributed by atoms with Crippen LogP contribution in [0.15, 0.2) is 29.0 Å². The number of rotatable bonds is 4. The molecule has 0 aliphatic heterocycles. The fourth-order valence-electron chi connectivity index (χ4n) is 1.85. The van der Waals surface area contributed by atoms with Gasteiger partial charge in [0.2, 0.25) is 0 Å². The van der Waals surface area contributed by atoms with E-state index in [9.17, 15) is 4.79 Å². The van der Waals surface area contributed by atoms with Gasteiger partial charge in [0.15, 0.2) is 4.73 Å². The molecule has 18 heavy (non-hydrogen) atoms. The number of imidazole rings is 1. The third-order valence-corrected chi connectivity index (χ3v) is 3.11. The zero-order chi connectivity index (χ0) is 13.1. The molecule has 0 unspecified atom stereocenters. The highest BCUT2D eigenvalue weighted by Gasteiger charge is 2.13. The molecule has 0 fully saturated rings. The van der Waals surface area contributed by atoms with Gasteiger partial charge in [-0.05, 0) is 28.4 Å². The van der Waals surface area contributed by atoms with Gasteiger partial charge in [0, 0.05) is 17.7 Å². The Labute approximate surface area is 113 Å². The number of halogens is 1. The monoisotopic (exact) mass is 308 g/mol. The zero-order valence-electron chi connectivity index (χ0n) is 9.90. The quantitative estimate of drug-likeness (QED) is 0.911. The number of carbonyl (C=O) groups is 1. The van der Waals surface area contributed by atoms with Gasteiger partial charge in [0.05, 0.1) is 12.1 Å². The molecule has 0 spiro atoms. The van der Waals surface area contributed by atoms with Gasteiger partial charge in [-0.2, -0.15) is 0 Å². The number of nitrogens with zero attached hydrogens (tertiary/aromatic N) is 1. The van der Waals surface area contributed by atoms with E-state index in [4.69, 9.17) is 5.11 Å². The first-order valence-corrected chi connectivity index (χ1v) is 6.39. The topological polar surface area (TPSA) is 66.0 Å². The molecule has 0 radical (unpaired) electrons. The first-order chi connectivity index (χ1) is 8.58. The van der Waals surface area contributed by atoms with E-state index in [1.807, 2.05) is 31.2 Å². The molecule has 2 aromatic rings. The van der Waals surface area contributed by atoms with Crippen LogP contribution in [0.3, 0.4) is 0 Å². The van der Waals surface area contributed by atoms with Crippen molar-refractivity contribution in [3.05, 3.63) is 40.3 Å². The number of H-pyrrole nitrogens is 1. The predicted molar refractivity (Wildman–Crippen MR) is 72.4 cm³/mol. The lowest BCUT2D eigenvalue weighted by Crippen LogP contribution is -1.99. The summed E-state index contributed by atoms with van der Waals surface area (Å²) >= 11 is 3.30. The molecule has 0 bridgehead atoms. The number of aryl methyl sites for hydroxylation is 2. The molecule has 0 amide bonds. The Hall–Kier alpha value is -1.62. The number of carboxylic acids is 1. The van der Waals surface area contributed by atoms with E-state index in [0.717, 1.165) is 22.5 Å². The normalized spacial score (nSPS) is 10.6. The van der Waals surface area contributed by atoms with Crippen molar-refractivity contribution < 1.29 is 9.90 Å². The second-order valence-corrected chi connectivity index (χ2v) is 4.81. The summed E-state index contributed by atoms with van der Waals surface area (Å²) in [6, 6.07) is 7.92. The number of carboxylic acid groups (broad SMARTS) is 1. The Kier molecular flexibility index (Phi) is 3.81. The first-order valence-electron chi connectivity index (χ1n) is 5.60.